The van der Waals surface area contributed by atoms with Gasteiger partial charge >= 0.3 is 53.8 Å². The molecule has 0 bridgehead atoms. The average Bonchev–Trinajstić information content (AvgIpc) is 3.22. The van der Waals surface area contributed by atoms with Crippen molar-refractivity contribution in [1.82, 2.24) is 5.32 Å². The summed E-state index contributed by atoms with van der Waals surface area (Å²) in [5.41, 5.74) is 0.564. The van der Waals surface area contributed by atoms with Crippen LogP contribution in [0.4, 0.5) is 4.79 Å². The molecular weight excluding hydrogens is 898 g/mol. The van der Waals surface area contributed by atoms with Crippen LogP contribution < -0.4 is 5.32 Å². The number of ether oxygens (including phenoxy) is 11. The minimum absolute atomic E-state index is 0.257. The van der Waals surface area contributed by atoms with Gasteiger partial charge in [-0.25, -0.2) is 14.4 Å². The largest absolute Gasteiger partial charge is 0.463 e. The van der Waals surface area contributed by atoms with Crippen LogP contribution in [0, 0.1) is 0 Å². The molecule has 1 aromatic rings. The van der Waals surface area contributed by atoms with Crippen molar-refractivity contribution in [2.75, 3.05) is 26.4 Å². The monoisotopic (exact) mass is 949 g/mol. The molecular formula is C39H51NO26. The molecule has 0 radical (unpaired) electrons. The average molecular weight is 950 g/mol. The lowest BCUT2D eigenvalue weighted by Crippen LogP contribution is -2.70. The van der Waals surface area contributed by atoms with Gasteiger partial charge in [-0.3, -0.25) is 38.5 Å². The van der Waals surface area contributed by atoms with Crippen LogP contribution >= 0.6 is 0 Å². The molecule has 0 aromatic heterocycles. The Morgan fingerprint density at radius 1 is 0.561 bits per heavy atom. The van der Waals surface area contributed by atoms with E-state index in [9.17, 15) is 53.4 Å². The summed E-state index contributed by atoms with van der Waals surface area (Å²) in [4.78, 5) is 129. The third-order valence-corrected chi connectivity index (χ3v) is 8.58. The molecule has 0 saturated carbocycles. The zero-order chi connectivity index (χ0) is 49.4. The lowest BCUT2D eigenvalue weighted by atomic mass is 9.94. The Hall–Kier alpha value is -6.07. The topological polar surface area (TPSA) is 345 Å². The van der Waals surface area contributed by atoms with Gasteiger partial charge in [0.25, 0.3) is 11.6 Å². The second-order valence-corrected chi connectivity index (χ2v) is 14.2. The molecule has 1 amide bonds. The van der Waals surface area contributed by atoms with Crippen molar-refractivity contribution in [2.45, 2.75) is 129 Å². The second-order valence-electron chi connectivity index (χ2n) is 14.2. The fourth-order valence-corrected chi connectivity index (χ4v) is 5.98. The van der Waals surface area contributed by atoms with E-state index in [4.69, 9.17) is 61.9 Å². The van der Waals surface area contributed by atoms with Crippen LogP contribution in [0.25, 0.3) is 0 Å². The smallest absolute Gasteiger partial charge is 0.407 e. The first-order valence-corrected chi connectivity index (χ1v) is 19.6. The van der Waals surface area contributed by atoms with Crippen LogP contribution in [0.1, 0.15) is 61.0 Å². The SMILES string of the molecule is CC(=O)OC[C@H]1O[C@@H](OCC(CO[C@@H]2O[C@H](COC(C)=O)[C@](O)(OOC(C)=O)[C@H](OC(C)=O)[C@H]2OC(C)=O)NC(=O)OCc2ccccc2)[C@H](OC(C)=O)[C@@H](OC(C)=O)[C@@]1(O)OOC(C)=O. The predicted octanol–water partition coefficient (Wildman–Crippen LogP) is -1.02. The summed E-state index contributed by atoms with van der Waals surface area (Å²) in [5, 5.41) is 25.9. The van der Waals surface area contributed by atoms with E-state index in [1.54, 1.807) is 30.3 Å². The van der Waals surface area contributed by atoms with Gasteiger partial charge in [0, 0.05) is 55.4 Å². The predicted molar refractivity (Wildman–Crippen MR) is 204 cm³/mol. The third kappa shape index (κ3) is 16.4. The number of carbonyl (C=O) groups is 9. The number of aliphatic hydroxyl groups is 2. The first kappa shape index (κ1) is 54.3. The highest BCUT2D eigenvalue weighted by Crippen LogP contribution is 2.38. The van der Waals surface area contributed by atoms with Crippen molar-refractivity contribution in [2.24, 2.45) is 0 Å². The van der Waals surface area contributed by atoms with E-state index in [-0.39, 0.29) is 6.61 Å². The molecule has 2 saturated heterocycles. The maximum atomic E-state index is 13.3. The van der Waals surface area contributed by atoms with Crippen molar-refractivity contribution in [3.05, 3.63) is 35.9 Å². The van der Waals surface area contributed by atoms with E-state index in [1.165, 1.54) is 0 Å². The maximum absolute atomic E-state index is 13.3. The summed E-state index contributed by atoms with van der Waals surface area (Å²) in [6.45, 7) is 3.75. The van der Waals surface area contributed by atoms with Gasteiger partial charge in [-0.2, -0.15) is 0 Å². The summed E-state index contributed by atoms with van der Waals surface area (Å²) < 4.78 is 60.2. The lowest BCUT2D eigenvalue weighted by Gasteiger charge is -2.48. The highest BCUT2D eigenvalue weighted by Gasteiger charge is 2.64. The zero-order valence-corrected chi connectivity index (χ0v) is 36.8. The Morgan fingerprint density at radius 3 is 1.30 bits per heavy atom. The Bertz CT molecular complexity index is 1770. The Labute approximate surface area is 375 Å². The molecule has 0 unspecified atom stereocenters. The number of amides is 1. The Kier molecular flexibility index (Phi) is 20.6. The molecule has 3 N–H and O–H groups in total. The van der Waals surface area contributed by atoms with Gasteiger partial charge in [-0.15, -0.1) is 9.78 Å². The number of nitrogens with one attached hydrogen (secondary N) is 1. The first-order chi connectivity index (χ1) is 30.9. The maximum Gasteiger partial charge on any atom is 0.407 e. The Morgan fingerprint density at radius 2 is 0.955 bits per heavy atom. The number of carbonyl (C=O) groups excluding carboxylic acids is 9. The number of rotatable bonds is 21. The second kappa shape index (κ2) is 25.0. The van der Waals surface area contributed by atoms with Crippen LogP contribution in [-0.4, -0.2) is 157 Å². The van der Waals surface area contributed by atoms with Crippen molar-refractivity contribution in [3.8, 4) is 0 Å². The summed E-state index contributed by atoms with van der Waals surface area (Å²) in [5.74, 6) is -14.6. The summed E-state index contributed by atoms with van der Waals surface area (Å²) >= 11 is 0. The molecule has 66 heavy (non-hydrogen) atoms. The molecule has 27 nitrogen and oxygen atoms in total. The summed E-state index contributed by atoms with van der Waals surface area (Å²) in [7, 11) is 0. The van der Waals surface area contributed by atoms with Gasteiger partial charge in [0.15, 0.2) is 37.0 Å². The van der Waals surface area contributed by atoms with Gasteiger partial charge < -0.3 is 67.6 Å². The number of alkyl carbamates (subject to hydrolysis) is 1. The van der Waals surface area contributed by atoms with Crippen LogP contribution in [0.2, 0.25) is 0 Å². The van der Waals surface area contributed by atoms with Gasteiger partial charge in [-0.1, -0.05) is 30.3 Å². The van der Waals surface area contributed by atoms with E-state index in [2.05, 4.69) is 15.1 Å². The van der Waals surface area contributed by atoms with Crippen molar-refractivity contribution >= 4 is 53.8 Å². The Balaban J connectivity index is 2.08. The number of hydrogen-bond acceptors (Lipinski definition) is 26. The normalized spacial score (nSPS) is 27.0. The molecule has 1 aromatic carbocycles. The molecule has 3 rings (SSSR count). The zero-order valence-electron chi connectivity index (χ0n) is 36.8. The summed E-state index contributed by atoms with van der Waals surface area (Å²) in [6.07, 6.45) is -17.2. The van der Waals surface area contributed by atoms with E-state index in [0.29, 0.717) is 5.56 Å². The third-order valence-electron chi connectivity index (χ3n) is 8.58. The van der Waals surface area contributed by atoms with Gasteiger partial charge in [0.05, 0.1) is 19.3 Å². The number of benzene rings is 1. The van der Waals surface area contributed by atoms with Crippen LogP contribution in [-0.2, 0) is 117 Å². The quantitative estimate of drug-likeness (QED) is 0.0437. The standard InChI is InChI=1S/C39H51NO26/c1-19(41)52-17-29-38(50,65-63-25(7)47)33(59-23(5)45)31(57-21(3)43)35(61-29)54-15-28(40-37(49)56-14-27-12-10-9-11-13-27)16-55-36-32(58-22(4)44)34(60-24(6)46)39(51,66-64-26(8)48)30(62-36)18-53-20(2)42/h9-13,28-36,50-51H,14-18H2,1-8H3,(H,40,49)/t29-,30-,31-,32-,33-,34-,35-,36-,38+,39+/m1/s1. The molecule has 2 fully saturated rings. The van der Waals surface area contributed by atoms with E-state index < -0.39 is 147 Å². The van der Waals surface area contributed by atoms with Gasteiger partial charge in [-0.05, 0) is 5.56 Å². The molecule has 0 spiro atoms. The molecule has 368 valence electrons. The molecule has 2 heterocycles. The van der Waals surface area contributed by atoms with Gasteiger partial charge in [0.1, 0.15) is 19.8 Å². The lowest BCUT2D eigenvalue weighted by molar-refractivity contribution is -0.475. The highest BCUT2D eigenvalue weighted by molar-refractivity contribution is 5.69. The first-order valence-electron chi connectivity index (χ1n) is 19.6. The van der Waals surface area contributed by atoms with Crippen molar-refractivity contribution in [3.63, 3.8) is 0 Å². The minimum atomic E-state index is -3.07. The summed E-state index contributed by atoms with van der Waals surface area (Å²) in [6, 6.07) is 6.92. The van der Waals surface area contributed by atoms with Gasteiger partial charge in [0.2, 0.25) is 12.2 Å². The number of hydrogen-bond donors (Lipinski definition) is 3. The van der Waals surface area contributed by atoms with Crippen LogP contribution in [0.15, 0.2) is 30.3 Å². The molecule has 2 aliphatic rings. The fourth-order valence-electron chi connectivity index (χ4n) is 5.98. The van der Waals surface area contributed by atoms with E-state index >= 15 is 0 Å². The highest BCUT2D eigenvalue weighted by atomic mass is 17.2. The fraction of sp³-hybridized carbons (Fsp3) is 0.615. The van der Waals surface area contributed by atoms with Crippen LogP contribution in [0.3, 0.4) is 0 Å². The van der Waals surface area contributed by atoms with E-state index in [1.807, 2.05) is 0 Å². The molecule has 27 heteroatoms. The molecule has 10 atom stereocenters. The minimum Gasteiger partial charge on any atom is -0.463 e. The molecule has 2 aliphatic heterocycles. The molecule has 0 aliphatic carbocycles. The van der Waals surface area contributed by atoms with E-state index in [0.717, 1.165) is 55.4 Å². The number of esters is 6. The van der Waals surface area contributed by atoms with Crippen molar-refractivity contribution in [1.29, 1.82) is 0 Å². The van der Waals surface area contributed by atoms with Crippen molar-refractivity contribution < 1.29 is 125 Å². The van der Waals surface area contributed by atoms with Crippen LogP contribution in [0.5, 0.6) is 0 Å².